The van der Waals surface area contributed by atoms with Gasteiger partial charge in [-0.1, -0.05) is 24.3 Å². The summed E-state index contributed by atoms with van der Waals surface area (Å²) in [7, 11) is 1.38. The first-order chi connectivity index (χ1) is 15.4. The van der Waals surface area contributed by atoms with Gasteiger partial charge in [0.1, 0.15) is 39.7 Å². The second-order valence-corrected chi connectivity index (χ2v) is 8.63. The second-order valence-electron chi connectivity index (χ2n) is 8.63. The van der Waals surface area contributed by atoms with Crippen molar-refractivity contribution in [1.29, 1.82) is 0 Å². The van der Waals surface area contributed by atoms with Crippen molar-refractivity contribution in [3.8, 4) is 34.3 Å². The molecule has 174 valence electrons. The second kappa shape index (κ2) is 9.03. The average Bonchev–Trinajstić information content (AvgIpc) is 2.70. The van der Waals surface area contributed by atoms with Gasteiger partial charge in [-0.25, -0.2) is 0 Å². The Kier molecular flexibility index (Phi) is 6.56. The number of aromatic hydroxyl groups is 3. The van der Waals surface area contributed by atoms with Gasteiger partial charge in [0.2, 0.25) is 0 Å². The highest BCUT2D eigenvalue weighted by Gasteiger charge is 2.22. The lowest BCUT2D eigenvalue weighted by Crippen LogP contribution is -2.15. The van der Waals surface area contributed by atoms with Crippen LogP contribution in [0.5, 0.6) is 23.0 Å². The maximum atomic E-state index is 13.1. The van der Waals surface area contributed by atoms with E-state index >= 15 is 0 Å². The smallest absolute Gasteiger partial charge is 0.197 e. The molecule has 7 heteroatoms. The lowest BCUT2D eigenvalue weighted by molar-refractivity contribution is 0.132. The van der Waals surface area contributed by atoms with Crippen LogP contribution in [-0.4, -0.2) is 33.1 Å². The summed E-state index contributed by atoms with van der Waals surface area (Å²) in [4.78, 5) is 13.1. The van der Waals surface area contributed by atoms with Gasteiger partial charge in [0.05, 0.1) is 18.3 Å². The molecule has 0 fully saturated rings. The first-order valence-corrected chi connectivity index (χ1v) is 10.4. The van der Waals surface area contributed by atoms with Crippen LogP contribution in [0.1, 0.15) is 26.3 Å². The molecule has 0 amide bonds. The van der Waals surface area contributed by atoms with E-state index in [2.05, 4.69) is 6.58 Å². The minimum Gasteiger partial charge on any atom is -0.508 e. The maximum absolute atomic E-state index is 13.1. The quantitative estimate of drug-likeness (QED) is 0.385. The van der Waals surface area contributed by atoms with Gasteiger partial charge in [-0.2, -0.15) is 0 Å². The number of phenols is 3. The molecule has 0 bridgehead atoms. The van der Waals surface area contributed by atoms with Gasteiger partial charge in [-0.3, -0.25) is 4.79 Å². The van der Waals surface area contributed by atoms with Crippen LogP contribution in [0.2, 0.25) is 0 Å². The van der Waals surface area contributed by atoms with E-state index in [0.717, 1.165) is 11.6 Å². The third-order valence-electron chi connectivity index (χ3n) is 5.31. The molecule has 0 spiro atoms. The van der Waals surface area contributed by atoms with Crippen LogP contribution in [0.3, 0.4) is 0 Å². The number of benzene rings is 2. The van der Waals surface area contributed by atoms with E-state index in [1.807, 2.05) is 6.92 Å². The Morgan fingerprint density at radius 1 is 1.18 bits per heavy atom. The summed E-state index contributed by atoms with van der Waals surface area (Å²) in [6.07, 6.45) is 3.68. The monoisotopic (exact) mass is 452 g/mol. The van der Waals surface area contributed by atoms with Crippen molar-refractivity contribution in [2.75, 3.05) is 7.11 Å². The summed E-state index contributed by atoms with van der Waals surface area (Å²) in [6, 6.07) is 6.52. The Hall–Kier alpha value is -3.71. The average molecular weight is 453 g/mol. The van der Waals surface area contributed by atoms with Crippen LogP contribution in [0.25, 0.3) is 22.3 Å². The van der Waals surface area contributed by atoms with Crippen LogP contribution in [0, 0.1) is 5.92 Å². The molecule has 0 aliphatic heterocycles. The van der Waals surface area contributed by atoms with Crippen molar-refractivity contribution in [1.82, 2.24) is 0 Å². The van der Waals surface area contributed by atoms with E-state index in [-0.39, 0.29) is 57.6 Å². The van der Waals surface area contributed by atoms with Gasteiger partial charge in [0.25, 0.3) is 0 Å². The highest BCUT2D eigenvalue weighted by molar-refractivity contribution is 5.90. The largest absolute Gasteiger partial charge is 0.508 e. The third kappa shape index (κ3) is 5.21. The molecule has 3 aromatic rings. The molecule has 1 aromatic heterocycles. The molecule has 0 aliphatic rings. The molecule has 33 heavy (non-hydrogen) atoms. The molecule has 3 rings (SSSR count). The van der Waals surface area contributed by atoms with E-state index < -0.39 is 11.0 Å². The Labute approximate surface area is 191 Å². The first-order valence-electron chi connectivity index (χ1n) is 10.4. The van der Waals surface area contributed by atoms with Gasteiger partial charge in [0.15, 0.2) is 5.43 Å². The Morgan fingerprint density at radius 2 is 1.88 bits per heavy atom. The van der Waals surface area contributed by atoms with Crippen molar-refractivity contribution in [3.05, 3.63) is 70.4 Å². The Bertz CT molecular complexity index is 1290. The summed E-state index contributed by atoms with van der Waals surface area (Å²) in [5, 5.41) is 40.9. The van der Waals surface area contributed by atoms with Crippen molar-refractivity contribution in [2.24, 2.45) is 5.92 Å². The van der Waals surface area contributed by atoms with E-state index in [1.165, 1.54) is 31.4 Å². The van der Waals surface area contributed by atoms with Gasteiger partial charge >= 0.3 is 0 Å². The van der Waals surface area contributed by atoms with Crippen LogP contribution >= 0.6 is 0 Å². The number of hydrogen-bond acceptors (Lipinski definition) is 7. The topological polar surface area (TPSA) is 120 Å². The predicted molar refractivity (Wildman–Crippen MR) is 127 cm³/mol. The molecule has 0 radical (unpaired) electrons. The number of methoxy groups -OCH3 is 1. The van der Waals surface area contributed by atoms with E-state index in [0.29, 0.717) is 5.56 Å². The molecule has 0 aliphatic carbocycles. The first kappa shape index (κ1) is 23.9. The Balaban J connectivity index is 2.27. The zero-order chi connectivity index (χ0) is 24.5. The maximum Gasteiger partial charge on any atom is 0.197 e. The van der Waals surface area contributed by atoms with E-state index in [4.69, 9.17) is 9.15 Å². The predicted octanol–water partition coefficient (Wildman–Crippen LogP) is 4.65. The van der Waals surface area contributed by atoms with Crippen molar-refractivity contribution in [2.45, 2.75) is 32.8 Å². The molecule has 4 N–H and O–H groups in total. The summed E-state index contributed by atoms with van der Waals surface area (Å²) in [6.45, 7) is 9.14. The number of ether oxygens (including phenoxy) is 1. The van der Waals surface area contributed by atoms with E-state index in [9.17, 15) is 25.2 Å². The van der Waals surface area contributed by atoms with Crippen LogP contribution < -0.4 is 10.2 Å². The lowest BCUT2D eigenvalue weighted by Gasteiger charge is -2.19. The fraction of sp³-hybridized carbons (Fsp3) is 0.269. The number of hydrogen-bond donors (Lipinski definition) is 4. The zero-order valence-electron chi connectivity index (χ0n) is 19.0. The van der Waals surface area contributed by atoms with Crippen LogP contribution in [0.4, 0.5) is 0 Å². The fourth-order valence-corrected chi connectivity index (χ4v) is 3.54. The summed E-state index contributed by atoms with van der Waals surface area (Å²) in [5.41, 5.74) is 0.0114. The van der Waals surface area contributed by atoms with Gasteiger partial charge in [-0.15, -0.1) is 0 Å². The molecule has 7 nitrogen and oxygen atoms in total. The number of allylic oxidation sites excluding steroid dienone is 2. The molecule has 1 heterocycles. The van der Waals surface area contributed by atoms with Crippen molar-refractivity contribution in [3.63, 3.8) is 0 Å². The number of fused-ring (bicyclic) bond motifs is 1. The van der Waals surface area contributed by atoms with E-state index in [1.54, 1.807) is 26.0 Å². The zero-order valence-corrected chi connectivity index (χ0v) is 19.0. The lowest BCUT2D eigenvalue weighted by atomic mass is 9.90. The van der Waals surface area contributed by atoms with Crippen LogP contribution in [0.15, 0.2) is 63.8 Å². The highest BCUT2D eigenvalue weighted by atomic mass is 16.5. The molecule has 1 unspecified atom stereocenters. The number of aliphatic hydroxyl groups is 1. The highest BCUT2D eigenvalue weighted by Crippen LogP contribution is 2.39. The van der Waals surface area contributed by atoms with Crippen LogP contribution in [-0.2, 0) is 6.42 Å². The minimum atomic E-state index is -1.03. The van der Waals surface area contributed by atoms with Gasteiger partial charge in [0, 0.05) is 29.7 Å². The van der Waals surface area contributed by atoms with Crippen molar-refractivity contribution < 1.29 is 29.6 Å². The molecular weight excluding hydrogens is 424 g/mol. The Morgan fingerprint density at radius 3 is 2.45 bits per heavy atom. The molecule has 0 saturated carbocycles. The fourth-order valence-electron chi connectivity index (χ4n) is 3.54. The molecule has 2 aromatic carbocycles. The summed E-state index contributed by atoms with van der Waals surface area (Å²) in [5.74, 6) is -0.577. The summed E-state index contributed by atoms with van der Waals surface area (Å²) >= 11 is 0. The SMILES string of the molecule is C=C(C)C(/C=C/C(C)(C)O)Cc1c(O)cc(OC)c2c(=O)cc(-c3ccc(O)cc3O)oc12. The number of rotatable bonds is 7. The molecule has 1 atom stereocenters. The normalized spacial score (nSPS) is 12.9. The van der Waals surface area contributed by atoms with Gasteiger partial charge in [-0.05, 0) is 39.3 Å². The van der Waals surface area contributed by atoms with Gasteiger partial charge < -0.3 is 29.6 Å². The molecule has 0 saturated heterocycles. The standard InChI is InChI=1S/C26H28O7/c1-14(2)15(8-9-26(3,4)31)10-18-20(29)12-23(32-5)24-21(30)13-22(33-25(18)24)17-7-6-16(27)11-19(17)28/h6-9,11-13,15,27-29,31H,1,10H2,2-5H3/b9-8+. The minimum absolute atomic E-state index is 0.0674. The number of phenolic OH excluding ortho intramolecular Hbond substituents is 3. The third-order valence-corrected chi connectivity index (χ3v) is 5.31. The summed E-state index contributed by atoms with van der Waals surface area (Å²) < 4.78 is 11.4. The molecular formula is C26H28O7. The van der Waals surface area contributed by atoms with Crippen molar-refractivity contribution >= 4 is 11.0 Å².